The van der Waals surface area contributed by atoms with Crippen molar-refractivity contribution in [1.82, 2.24) is 19.9 Å². The van der Waals surface area contributed by atoms with Gasteiger partial charge in [-0.15, -0.1) is 0 Å². The second-order valence-corrected chi connectivity index (χ2v) is 7.46. The van der Waals surface area contributed by atoms with E-state index >= 15 is 0 Å². The molecular weight excluding hydrogens is 352 g/mol. The number of amides is 1. The third-order valence-electron chi connectivity index (χ3n) is 4.98. The van der Waals surface area contributed by atoms with Crippen molar-refractivity contribution in [2.75, 3.05) is 26.3 Å². The highest BCUT2D eigenvalue weighted by molar-refractivity contribution is 6.07. The number of nitrogens with zero attached hydrogens (tertiary/aromatic N) is 4. The Hall–Kier alpha value is -2.86. The lowest BCUT2D eigenvalue weighted by atomic mass is 10.0. The van der Waals surface area contributed by atoms with Crippen LogP contribution in [0.4, 0.5) is 0 Å². The SMILES string of the molecule is Cc1ccc2c(C(=O)N3CCOCC3)cc(-c3cnc(C(C)C)nc3)nc2c1. The Labute approximate surface area is 164 Å². The minimum absolute atomic E-state index is 0.0144. The summed E-state index contributed by atoms with van der Waals surface area (Å²) in [5, 5.41) is 0.866. The molecule has 0 unspecified atom stereocenters. The van der Waals surface area contributed by atoms with Crippen molar-refractivity contribution in [2.24, 2.45) is 0 Å². The van der Waals surface area contributed by atoms with Crippen molar-refractivity contribution in [3.8, 4) is 11.3 Å². The fourth-order valence-electron chi connectivity index (χ4n) is 3.37. The Kier molecular flexibility index (Phi) is 5.05. The molecule has 6 nitrogen and oxygen atoms in total. The number of fused-ring (bicyclic) bond motifs is 1. The molecule has 28 heavy (non-hydrogen) atoms. The number of hydrogen-bond acceptors (Lipinski definition) is 5. The molecule has 4 rings (SSSR count). The first-order valence-corrected chi connectivity index (χ1v) is 9.63. The van der Waals surface area contributed by atoms with Gasteiger partial charge in [-0.3, -0.25) is 4.79 Å². The second kappa shape index (κ2) is 7.64. The van der Waals surface area contributed by atoms with Gasteiger partial charge >= 0.3 is 0 Å². The predicted octanol–water partition coefficient (Wildman–Crippen LogP) is 3.60. The largest absolute Gasteiger partial charge is 0.378 e. The molecule has 0 N–H and O–H groups in total. The zero-order valence-electron chi connectivity index (χ0n) is 16.5. The minimum atomic E-state index is 0.0144. The van der Waals surface area contributed by atoms with Crippen LogP contribution in [0.3, 0.4) is 0 Å². The van der Waals surface area contributed by atoms with Crippen molar-refractivity contribution in [1.29, 1.82) is 0 Å². The Morgan fingerprint density at radius 1 is 1.11 bits per heavy atom. The van der Waals surface area contributed by atoms with E-state index in [-0.39, 0.29) is 11.8 Å². The molecule has 1 saturated heterocycles. The lowest BCUT2D eigenvalue weighted by Crippen LogP contribution is -2.40. The molecule has 144 valence electrons. The predicted molar refractivity (Wildman–Crippen MR) is 108 cm³/mol. The number of aryl methyl sites for hydroxylation is 1. The van der Waals surface area contributed by atoms with Gasteiger partial charge in [0, 0.05) is 42.4 Å². The van der Waals surface area contributed by atoms with Gasteiger partial charge in [0.15, 0.2) is 0 Å². The van der Waals surface area contributed by atoms with Gasteiger partial charge in [-0.25, -0.2) is 15.0 Å². The molecule has 0 radical (unpaired) electrons. The Morgan fingerprint density at radius 2 is 1.82 bits per heavy atom. The van der Waals surface area contributed by atoms with E-state index in [0.29, 0.717) is 37.6 Å². The van der Waals surface area contributed by atoms with E-state index in [2.05, 4.69) is 23.8 Å². The number of ether oxygens (including phenoxy) is 1. The summed E-state index contributed by atoms with van der Waals surface area (Å²) >= 11 is 0. The van der Waals surface area contributed by atoms with Gasteiger partial charge < -0.3 is 9.64 Å². The van der Waals surface area contributed by atoms with E-state index in [1.165, 1.54) is 0 Å². The highest BCUT2D eigenvalue weighted by Gasteiger charge is 2.22. The third-order valence-corrected chi connectivity index (χ3v) is 4.98. The molecule has 1 aliphatic rings. The maximum Gasteiger partial charge on any atom is 0.254 e. The lowest BCUT2D eigenvalue weighted by Gasteiger charge is -2.27. The van der Waals surface area contributed by atoms with Crippen LogP contribution in [-0.4, -0.2) is 52.1 Å². The highest BCUT2D eigenvalue weighted by atomic mass is 16.5. The number of rotatable bonds is 3. The summed E-state index contributed by atoms with van der Waals surface area (Å²) in [5.74, 6) is 1.07. The average Bonchev–Trinajstić information content (AvgIpc) is 2.73. The molecule has 1 fully saturated rings. The van der Waals surface area contributed by atoms with E-state index in [1.54, 1.807) is 12.4 Å². The maximum atomic E-state index is 13.2. The summed E-state index contributed by atoms with van der Waals surface area (Å²) in [6.45, 7) is 8.51. The lowest BCUT2D eigenvalue weighted by molar-refractivity contribution is 0.0304. The van der Waals surface area contributed by atoms with Crippen LogP contribution >= 0.6 is 0 Å². The van der Waals surface area contributed by atoms with Crippen LogP contribution in [0.1, 0.15) is 41.5 Å². The van der Waals surface area contributed by atoms with Crippen molar-refractivity contribution in [3.05, 3.63) is 53.6 Å². The van der Waals surface area contributed by atoms with Gasteiger partial charge in [0.2, 0.25) is 0 Å². The molecule has 0 aliphatic carbocycles. The fraction of sp³-hybridized carbons (Fsp3) is 0.364. The summed E-state index contributed by atoms with van der Waals surface area (Å²) in [6.07, 6.45) is 3.57. The standard InChI is InChI=1S/C22H24N4O2/c1-14(2)21-23-12-16(13-24-21)19-11-18(22(27)26-6-8-28-9-7-26)17-5-4-15(3)10-20(17)25-19/h4-5,10-14H,6-9H2,1-3H3. The summed E-state index contributed by atoms with van der Waals surface area (Å²) < 4.78 is 5.39. The number of carbonyl (C=O) groups is 1. The van der Waals surface area contributed by atoms with Crippen molar-refractivity contribution in [2.45, 2.75) is 26.7 Å². The highest BCUT2D eigenvalue weighted by Crippen LogP contribution is 2.26. The first-order chi connectivity index (χ1) is 13.5. The number of carbonyl (C=O) groups excluding carboxylic acids is 1. The van der Waals surface area contributed by atoms with Gasteiger partial charge in [-0.2, -0.15) is 0 Å². The summed E-state index contributed by atoms with van der Waals surface area (Å²) in [4.78, 5) is 28.8. The molecule has 1 amide bonds. The quantitative estimate of drug-likeness (QED) is 0.699. The van der Waals surface area contributed by atoms with Crippen LogP contribution < -0.4 is 0 Å². The molecule has 3 aromatic rings. The first kappa shape index (κ1) is 18.5. The molecule has 6 heteroatoms. The van der Waals surface area contributed by atoms with Gasteiger partial charge in [-0.1, -0.05) is 26.0 Å². The van der Waals surface area contributed by atoms with E-state index in [9.17, 15) is 4.79 Å². The van der Waals surface area contributed by atoms with Gasteiger partial charge in [0.05, 0.1) is 30.0 Å². The number of hydrogen-bond donors (Lipinski definition) is 0. The smallest absolute Gasteiger partial charge is 0.254 e. The molecule has 1 aromatic carbocycles. The minimum Gasteiger partial charge on any atom is -0.378 e. The average molecular weight is 376 g/mol. The molecular formula is C22H24N4O2. The van der Waals surface area contributed by atoms with Crippen LogP contribution in [0.15, 0.2) is 36.7 Å². The fourth-order valence-corrected chi connectivity index (χ4v) is 3.37. The zero-order chi connectivity index (χ0) is 19.7. The first-order valence-electron chi connectivity index (χ1n) is 9.63. The van der Waals surface area contributed by atoms with Gasteiger partial charge in [-0.05, 0) is 24.6 Å². The summed E-state index contributed by atoms with van der Waals surface area (Å²) in [7, 11) is 0. The van der Waals surface area contributed by atoms with E-state index in [0.717, 1.165) is 27.9 Å². The normalized spacial score (nSPS) is 14.6. The monoisotopic (exact) mass is 376 g/mol. The maximum absolute atomic E-state index is 13.2. The van der Waals surface area contributed by atoms with Crippen molar-refractivity contribution < 1.29 is 9.53 Å². The second-order valence-electron chi connectivity index (χ2n) is 7.46. The number of benzene rings is 1. The van der Waals surface area contributed by atoms with E-state index in [4.69, 9.17) is 9.72 Å². The van der Waals surface area contributed by atoms with Crippen molar-refractivity contribution >= 4 is 16.8 Å². The molecule has 0 bridgehead atoms. The summed E-state index contributed by atoms with van der Waals surface area (Å²) in [6, 6.07) is 7.87. The molecule has 3 heterocycles. The zero-order valence-corrected chi connectivity index (χ0v) is 16.5. The molecule has 0 atom stereocenters. The van der Waals surface area contributed by atoms with Crippen LogP contribution in [0.2, 0.25) is 0 Å². The number of pyridine rings is 1. The molecule has 2 aromatic heterocycles. The van der Waals surface area contributed by atoms with Gasteiger partial charge in [0.1, 0.15) is 5.82 Å². The van der Waals surface area contributed by atoms with Crippen LogP contribution in [0, 0.1) is 6.92 Å². The molecule has 0 spiro atoms. The Bertz CT molecular complexity index is 1010. The van der Waals surface area contributed by atoms with Crippen LogP contribution in [-0.2, 0) is 4.74 Å². The van der Waals surface area contributed by atoms with E-state index in [1.807, 2.05) is 36.1 Å². The van der Waals surface area contributed by atoms with Crippen LogP contribution in [0.25, 0.3) is 22.2 Å². The molecule has 1 aliphatic heterocycles. The number of aromatic nitrogens is 3. The number of morpholine rings is 1. The third kappa shape index (κ3) is 3.60. The van der Waals surface area contributed by atoms with Crippen molar-refractivity contribution in [3.63, 3.8) is 0 Å². The molecule has 0 saturated carbocycles. The summed E-state index contributed by atoms with van der Waals surface area (Å²) in [5.41, 5.74) is 4.10. The topological polar surface area (TPSA) is 68.2 Å². The van der Waals surface area contributed by atoms with Gasteiger partial charge in [0.25, 0.3) is 5.91 Å². The Morgan fingerprint density at radius 3 is 2.50 bits per heavy atom. The van der Waals surface area contributed by atoms with E-state index < -0.39 is 0 Å². The van der Waals surface area contributed by atoms with Crippen LogP contribution in [0.5, 0.6) is 0 Å². The Balaban J connectivity index is 1.82.